The van der Waals surface area contributed by atoms with Gasteiger partial charge in [0.25, 0.3) is 0 Å². The van der Waals surface area contributed by atoms with E-state index in [4.69, 9.17) is 4.74 Å². The zero-order chi connectivity index (χ0) is 12.0. The van der Waals surface area contributed by atoms with Crippen LogP contribution in [0.1, 0.15) is 25.0 Å². The molecule has 0 aliphatic carbocycles. The lowest BCUT2D eigenvalue weighted by atomic mass is 10.1. The van der Waals surface area contributed by atoms with E-state index in [1.54, 1.807) is 26.2 Å². The number of aliphatic hydroxyl groups excluding tert-OH is 1. The minimum atomic E-state index is -0.623. The molecule has 0 spiro atoms. The van der Waals surface area contributed by atoms with E-state index in [1.807, 2.05) is 0 Å². The van der Waals surface area contributed by atoms with Crippen LogP contribution in [0.2, 0.25) is 0 Å². The summed E-state index contributed by atoms with van der Waals surface area (Å²) in [5, 5.41) is 9.30. The Bertz CT molecular complexity index is 329. The second-order valence-electron chi connectivity index (χ2n) is 3.56. The van der Waals surface area contributed by atoms with Gasteiger partial charge in [0.15, 0.2) is 0 Å². The van der Waals surface area contributed by atoms with Crippen molar-refractivity contribution in [3.05, 3.63) is 29.6 Å². The molecule has 0 unspecified atom stereocenters. The second-order valence-corrected chi connectivity index (χ2v) is 4.70. The third kappa shape index (κ3) is 4.12. The summed E-state index contributed by atoms with van der Waals surface area (Å²) in [4.78, 5) is 0.625. The van der Waals surface area contributed by atoms with Crippen molar-refractivity contribution < 1.29 is 14.2 Å². The molecule has 0 aliphatic rings. The molecular formula is C12H17FO2S. The Morgan fingerprint density at radius 1 is 1.50 bits per heavy atom. The van der Waals surface area contributed by atoms with E-state index in [-0.39, 0.29) is 5.82 Å². The van der Waals surface area contributed by atoms with Gasteiger partial charge < -0.3 is 9.84 Å². The summed E-state index contributed by atoms with van der Waals surface area (Å²) < 4.78 is 18.5. The molecule has 0 aliphatic heterocycles. The van der Waals surface area contributed by atoms with Gasteiger partial charge in [0.05, 0.1) is 6.10 Å². The molecule has 0 heterocycles. The van der Waals surface area contributed by atoms with Gasteiger partial charge in [0.2, 0.25) is 0 Å². The Morgan fingerprint density at radius 2 is 2.25 bits per heavy atom. The highest BCUT2D eigenvalue weighted by atomic mass is 32.2. The number of ether oxygens (including phenoxy) is 1. The zero-order valence-electron chi connectivity index (χ0n) is 9.57. The van der Waals surface area contributed by atoms with E-state index in [1.165, 1.54) is 17.8 Å². The van der Waals surface area contributed by atoms with Gasteiger partial charge in [0.1, 0.15) is 5.82 Å². The van der Waals surface area contributed by atoms with E-state index < -0.39 is 6.10 Å². The summed E-state index contributed by atoms with van der Waals surface area (Å²) in [5.74, 6) is 0.569. The molecule has 1 rings (SSSR count). The topological polar surface area (TPSA) is 29.5 Å². The molecule has 1 atom stereocenters. The summed E-state index contributed by atoms with van der Waals surface area (Å²) >= 11 is 1.47. The SMILES string of the molecule is COCCCSc1ccc([C@@H](C)O)cc1F. The summed E-state index contributed by atoms with van der Waals surface area (Å²) in [5.41, 5.74) is 0.610. The van der Waals surface area contributed by atoms with E-state index in [2.05, 4.69) is 0 Å². The van der Waals surface area contributed by atoms with E-state index in [0.29, 0.717) is 17.1 Å². The Labute approximate surface area is 99.8 Å². The van der Waals surface area contributed by atoms with Crippen LogP contribution < -0.4 is 0 Å². The maximum absolute atomic E-state index is 13.6. The highest BCUT2D eigenvalue weighted by Crippen LogP contribution is 2.25. The van der Waals surface area contributed by atoms with E-state index in [0.717, 1.165) is 12.2 Å². The predicted molar refractivity (Wildman–Crippen MR) is 64.3 cm³/mol. The van der Waals surface area contributed by atoms with Crippen molar-refractivity contribution in [2.24, 2.45) is 0 Å². The molecule has 0 fully saturated rings. The van der Waals surface area contributed by atoms with Crippen LogP contribution in [0.15, 0.2) is 23.1 Å². The van der Waals surface area contributed by atoms with Crippen LogP contribution in [0, 0.1) is 5.82 Å². The lowest BCUT2D eigenvalue weighted by Gasteiger charge is -2.07. The third-order valence-electron chi connectivity index (χ3n) is 2.19. The fourth-order valence-corrected chi connectivity index (χ4v) is 2.12. The fraction of sp³-hybridized carbons (Fsp3) is 0.500. The number of thioether (sulfide) groups is 1. The van der Waals surface area contributed by atoms with Crippen molar-refractivity contribution >= 4 is 11.8 Å². The first-order chi connectivity index (χ1) is 7.65. The molecule has 0 bridgehead atoms. The number of hydrogen-bond donors (Lipinski definition) is 1. The van der Waals surface area contributed by atoms with Crippen LogP contribution in [0.5, 0.6) is 0 Å². The zero-order valence-corrected chi connectivity index (χ0v) is 10.4. The minimum Gasteiger partial charge on any atom is -0.389 e. The lowest BCUT2D eigenvalue weighted by Crippen LogP contribution is -1.94. The molecule has 4 heteroatoms. The number of benzene rings is 1. The molecule has 0 amide bonds. The Kier molecular flexibility index (Phi) is 5.80. The average molecular weight is 244 g/mol. The molecule has 16 heavy (non-hydrogen) atoms. The molecule has 90 valence electrons. The van der Waals surface area contributed by atoms with Crippen LogP contribution in [0.25, 0.3) is 0 Å². The molecule has 1 N–H and O–H groups in total. The quantitative estimate of drug-likeness (QED) is 0.616. The monoisotopic (exact) mass is 244 g/mol. The van der Waals surface area contributed by atoms with Gasteiger partial charge in [-0.3, -0.25) is 0 Å². The maximum Gasteiger partial charge on any atom is 0.137 e. The average Bonchev–Trinajstić information content (AvgIpc) is 2.26. The third-order valence-corrected chi connectivity index (χ3v) is 3.32. The van der Waals surface area contributed by atoms with Gasteiger partial charge in [-0.15, -0.1) is 11.8 Å². The van der Waals surface area contributed by atoms with Gasteiger partial charge >= 0.3 is 0 Å². The number of hydrogen-bond acceptors (Lipinski definition) is 3. The number of halogens is 1. The molecule has 1 aromatic rings. The van der Waals surface area contributed by atoms with Crippen molar-refractivity contribution in [1.82, 2.24) is 0 Å². The highest BCUT2D eigenvalue weighted by Gasteiger charge is 2.07. The van der Waals surface area contributed by atoms with Gasteiger partial charge in [-0.2, -0.15) is 0 Å². The molecule has 0 aromatic heterocycles. The first-order valence-electron chi connectivity index (χ1n) is 5.24. The highest BCUT2D eigenvalue weighted by molar-refractivity contribution is 7.99. The molecule has 2 nitrogen and oxygen atoms in total. The molecule has 0 saturated heterocycles. The lowest BCUT2D eigenvalue weighted by molar-refractivity contribution is 0.198. The maximum atomic E-state index is 13.6. The minimum absolute atomic E-state index is 0.263. The largest absolute Gasteiger partial charge is 0.389 e. The van der Waals surface area contributed by atoms with Crippen LogP contribution in [-0.2, 0) is 4.74 Å². The number of methoxy groups -OCH3 is 1. The summed E-state index contributed by atoms with van der Waals surface area (Å²) in [6.45, 7) is 2.32. The fourth-order valence-electron chi connectivity index (χ4n) is 1.28. The van der Waals surface area contributed by atoms with Crippen LogP contribution in [0.4, 0.5) is 4.39 Å². The predicted octanol–water partition coefficient (Wildman–Crippen LogP) is 3.01. The first-order valence-corrected chi connectivity index (χ1v) is 6.23. The second kappa shape index (κ2) is 6.89. The summed E-state index contributed by atoms with van der Waals surface area (Å²) in [6.07, 6.45) is 0.278. The van der Waals surface area contributed by atoms with Gasteiger partial charge in [0, 0.05) is 24.4 Å². The van der Waals surface area contributed by atoms with Gasteiger partial charge in [-0.05, 0) is 31.0 Å². The van der Waals surface area contributed by atoms with Crippen molar-refractivity contribution in [2.45, 2.75) is 24.3 Å². The molecule has 0 radical (unpaired) electrons. The normalized spacial score (nSPS) is 12.8. The van der Waals surface area contributed by atoms with E-state index >= 15 is 0 Å². The van der Waals surface area contributed by atoms with Crippen molar-refractivity contribution in [1.29, 1.82) is 0 Å². The molecule has 0 saturated carbocycles. The number of aliphatic hydroxyl groups is 1. The Morgan fingerprint density at radius 3 is 2.81 bits per heavy atom. The Hall–Kier alpha value is -0.580. The van der Waals surface area contributed by atoms with Crippen LogP contribution in [0.3, 0.4) is 0 Å². The standard InChI is InChI=1S/C12H17FO2S/c1-9(14)10-4-5-12(11(13)8-10)16-7-3-6-15-2/h4-5,8-9,14H,3,6-7H2,1-2H3/t9-/m1/s1. The van der Waals surface area contributed by atoms with Crippen molar-refractivity contribution in [3.63, 3.8) is 0 Å². The van der Waals surface area contributed by atoms with Gasteiger partial charge in [-0.1, -0.05) is 6.07 Å². The molecular weight excluding hydrogens is 227 g/mol. The van der Waals surface area contributed by atoms with Crippen LogP contribution >= 0.6 is 11.8 Å². The molecule has 1 aromatic carbocycles. The van der Waals surface area contributed by atoms with Crippen LogP contribution in [-0.4, -0.2) is 24.6 Å². The van der Waals surface area contributed by atoms with E-state index in [9.17, 15) is 9.50 Å². The smallest absolute Gasteiger partial charge is 0.137 e. The first kappa shape index (κ1) is 13.5. The summed E-state index contributed by atoms with van der Waals surface area (Å²) in [7, 11) is 1.66. The van der Waals surface area contributed by atoms with Crippen molar-refractivity contribution in [2.75, 3.05) is 19.5 Å². The summed E-state index contributed by atoms with van der Waals surface area (Å²) in [6, 6.07) is 4.87. The number of rotatable bonds is 6. The Balaban J connectivity index is 2.54. The van der Waals surface area contributed by atoms with Crippen molar-refractivity contribution in [3.8, 4) is 0 Å². The van der Waals surface area contributed by atoms with Gasteiger partial charge in [-0.25, -0.2) is 4.39 Å².